The fraction of sp³-hybridized carbons (Fsp3) is 0.526. The number of nitrogens with one attached hydrogen (secondary N) is 3. The van der Waals surface area contributed by atoms with Crippen molar-refractivity contribution in [1.29, 1.82) is 0 Å². The van der Waals surface area contributed by atoms with Crippen molar-refractivity contribution >= 4 is 30.3 Å². The van der Waals surface area contributed by atoms with Crippen LogP contribution in [0, 0.1) is 6.92 Å². The molecule has 0 aliphatic carbocycles. The molecule has 1 aliphatic rings. The Labute approximate surface area is 291 Å². The van der Waals surface area contributed by atoms with Gasteiger partial charge in [-0.1, -0.05) is 74.2 Å². The van der Waals surface area contributed by atoms with Gasteiger partial charge in [0.15, 0.2) is 0 Å². The molecule has 0 spiro atoms. The maximum absolute atomic E-state index is 13.7. The summed E-state index contributed by atoms with van der Waals surface area (Å²) in [6.07, 6.45) is 8.52. The standard InChI is InChI=1S/C38H55N5O6/c1-28-20-21-30-26-40-33(42-36(46)49-38(5,6)7)41-34(44)43(23-15-11-9-8-10-14-22-39-35(45)48-37(2,3)4)24-16-19-29-17-12-13-18-31(29)27-47-32(30)25-28/h12-13,16-21,25H,8-11,14-15,22-24,26-27H2,1-7H3,(H,39,45)(H2,40,41,42,44,46)/b19-16+. The minimum Gasteiger partial charge on any atom is -0.489 e. The first-order chi connectivity index (χ1) is 23.2. The Morgan fingerprint density at radius 3 is 2.31 bits per heavy atom. The highest BCUT2D eigenvalue weighted by Crippen LogP contribution is 2.24. The highest BCUT2D eigenvalue weighted by molar-refractivity contribution is 6.02. The van der Waals surface area contributed by atoms with E-state index in [1.165, 1.54) is 0 Å². The molecule has 3 N–H and O–H groups in total. The van der Waals surface area contributed by atoms with E-state index < -0.39 is 17.3 Å². The fourth-order valence-corrected chi connectivity index (χ4v) is 4.99. The zero-order valence-corrected chi connectivity index (χ0v) is 30.3. The molecule has 3 rings (SSSR count). The van der Waals surface area contributed by atoms with E-state index >= 15 is 0 Å². The number of hydrogen-bond acceptors (Lipinski definition) is 7. The SMILES string of the molecule is Cc1ccc2c(c1)OCc1ccccc1/C=C/CN(CCCCCCCCNC(=O)OC(C)(C)C)C(=O)NC(NC(=O)OC(C)(C)C)=NC2. The second-order valence-electron chi connectivity index (χ2n) is 14.2. The van der Waals surface area contributed by atoms with E-state index in [0.717, 1.165) is 60.8 Å². The van der Waals surface area contributed by atoms with Crippen LogP contribution in [-0.4, -0.2) is 59.9 Å². The molecule has 0 bridgehead atoms. The van der Waals surface area contributed by atoms with Crippen LogP contribution in [0.2, 0.25) is 0 Å². The number of amides is 4. The summed E-state index contributed by atoms with van der Waals surface area (Å²) < 4.78 is 17.0. The Morgan fingerprint density at radius 1 is 0.898 bits per heavy atom. The quantitative estimate of drug-likeness (QED) is 0.232. The topological polar surface area (TPSA) is 131 Å². The van der Waals surface area contributed by atoms with Gasteiger partial charge in [-0.15, -0.1) is 0 Å². The molecule has 49 heavy (non-hydrogen) atoms. The molecule has 11 nitrogen and oxygen atoms in total. The van der Waals surface area contributed by atoms with Crippen molar-refractivity contribution in [2.24, 2.45) is 4.99 Å². The van der Waals surface area contributed by atoms with Crippen LogP contribution in [0.4, 0.5) is 14.4 Å². The molecule has 268 valence electrons. The van der Waals surface area contributed by atoms with Crippen LogP contribution in [0.5, 0.6) is 5.75 Å². The van der Waals surface area contributed by atoms with Crippen molar-refractivity contribution in [3.05, 3.63) is 70.8 Å². The van der Waals surface area contributed by atoms with Crippen LogP contribution in [-0.2, 0) is 22.6 Å². The summed E-state index contributed by atoms with van der Waals surface area (Å²) in [5.74, 6) is 0.680. The smallest absolute Gasteiger partial charge is 0.414 e. The van der Waals surface area contributed by atoms with Gasteiger partial charge in [-0.05, 0) is 84.1 Å². The molecule has 0 fully saturated rings. The minimum atomic E-state index is -0.729. The van der Waals surface area contributed by atoms with Gasteiger partial charge in [0, 0.05) is 25.2 Å². The number of carbonyl (C=O) groups excluding carboxylic acids is 3. The Morgan fingerprint density at radius 2 is 1.57 bits per heavy atom. The molecular formula is C38H55N5O6. The number of aryl methyl sites for hydroxylation is 1. The molecule has 2 aromatic carbocycles. The van der Waals surface area contributed by atoms with Gasteiger partial charge in [-0.2, -0.15) is 0 Å². The van der Waals surface area contributed by atoms with E-state index in [4.69, 9.17) is 14.2 Å². The van der Waals surface area contributed by atoms with Crippen LogP contribution in [0.15, 0.2) is 53.5 Å². The third-order valence-corrected chi connectivity index (χ3v) is 7.35. The first-order valence-corrected chi connectivity index (χ1v) is 17.2. The average molecular weight is 678 g/mol. The average Bonchev–Trinajstić information content (AvgIpc) is 3.00. The van der Waals surface area contributed by atoms with Crippen molar-refractivity contribution in [3.63, 3.8) is 0 Å². The van der Waals surface area contributed by atoms with Crippen molar-refractivity contribution < 1.29 is 28.6 Å². The Balaban J connectivity index is 1.69. The van der Waals surface area contributed by atoms with Gasteiger partial charge >= 0.3 is 18.2 Å². The predicted octanol–water partition coefficient (Wildman–Crippen LogP) is 7.86. The van der Waals surface area contributed by atoms with E-state index in [-0.39, 0.29) is 24.6 Å². The number of guanidine groups is 1. The number of nitrogens with zero attached hydrogens (tertiary/aromatic N) is 2. The van der Waals surface area contributed by atoms with Crippen molar-refractivity contribution in [2.75, 3.05) is 19.6 Å². The number of aliphatic imine (C=N–C) groups is 1. The van der Waals surface area contributed by atoms with E-state index in [0.29, 0.717) is 32.0 Å². The Kier molecular flexibility index (Phi) is 15.0. The summed E-state index contributed by atoms with van der Waals surface area (Å²) >= 11 is 0. The van der Waals surface area contributed by atoms with Gasteiger partial charge in [-0.25, -0.2) is 19.4 Å². The van der Waals surface area contributed by atoms with Crippen molar-refractivity contribution in [1.82, 2.24) is 20.9 Å². The zero-order chi connectivity index (χ0) is 35.9. The zero-order valence-electron chi connectivity index (χ0n) is 30.3. The summed E-state index contributed by atoms with van der Waals surface area (Å²) in [6.45, 7) is 14.8. The summed E-state index contributed by atoms with van der Waals surface area (Å²) in [5.41, 5.74) is 2.65. The number of alkyl carbamates (subject to hydrolysis) is 2. The monoisotopic (exact) mass is 677 g/mol. The maximum Gasteiger partial charge on any atom is 0.414 e. The van der Waals surface area contributed by atoms with Gasteiger partial charge in [-0.3, -0.25) is 10.6 Å². The van der Waals surface area contributed by atoms with Gasteiger partial charge in [0.05, 0.1) is 6.54 Å². The van der Waals surface area contributed by atoms with Crippen LogP contribution >= 0.6 is 0 Å². The second-order valence-corrected chi connectivity index (χ2v) is 14.2. The van der Waals surface area contributed by atoms with E-state index in [1.807, 2.05) is 82.3 Å². The molecule has 0 atom stereocenters. The molecule has 0 radical (unpaired) electrons. The van der Waals surface area contributed by atoms with Crippen molar-refractivity contribution in [2.45, 2.75) is 111 Å². The number of urea groups is 1. The Hall–Kier alpha value is -4.54. The minimum absolute atomic E-state index is 0.00194. The van der Waals surface area contributed by atoms with Gasteiger partial charge < -0.3 is 24.4 Å². The normalized spacial score (nSPS) is 14.8. The molecule has 1 aliphatic heterocycles. The lowest BCUT2D eigenvalue weighted by Crippen LogP contribution is -2.50. The lowest BCUT2D eigenvalue weighted by Gasteiger charge is -2.24. The molecule has 0 aromatic heterocycles. The van der Waals surface area contributed by atoms with Gasteiger partial charge in [0.2, 0.25) is 5.96 Å². The van der Waals surface area contributed by atoms with E-state index in [2.05, 4.69) is 20.9 Å². The summed E-state index contributed by atoms with van der Waals surface area (Å²) in [6, 6.07) is 13.5. The van der Waals surface area contributed by atoms with Crippen LogP contribution in [0.25, 0.3) is 6.08 Å². The number of hydrogen-bond donors (Lipinski definition) is 3. The second kappa shape index (κ2) is 18.9. The number of fused-ring (bicyclic) bond motifs is 2. The number of benzene rings is 2. The van der Waals surface area contributed by atoms with Gasteiger partial charge in [0.25, 0.3) is 0 Å². The maximum atomic E-state index is 13.7. The fourth-order valence-electron chi connectivity index (χ4n) is 4.99. The summed E-state index contributed by atoms with van der Waals surface area (Å²) in [7, 11) is 0. The number of ether oxygens (including phenoxy) is 3. The third kappa shape index (κ3) is 15.5. The first-order valence-electron chi connectivity index (χ1n) is 17.2. The molecule has 11 heteroatoms. The molecule has 1 heterocycles. The molecular weight excluding hydrogens is 622 g/mol. The highest BCUT2D eigenvalue weighted by atomic mass is 16.6. The van der Waals surface area contributed by atoms with Crippen LogP contribution < -0.4 is 20.7 Å². The summed E-state index contributed by atoms with van der Waals surface area (Å²) in [5, 5.41) is 8.25. The van der Waals surface area contributed by atoms with E-state index in [9.17, 15) is 14.4 Å². The third-order valence-electron chi connectivity index (χ3n) is 7.35. The van der Waals surface area contributed by atoms with Crippen LogP contribution in [0.1, 0.15) is 102 Å². The Bertz CT molecular complexity index is 1460. The summed E-state index contributed by atoms with van der Waals surface area (Å²) in [4.78, 5) is 44.5. The molecule has 2 aromatic rings. The lowest BCUT2D eigenvalue weighted by atomic mass is 10.1. The first kappa shape index (κ1) is 38.9. The predicted molar refractivity (Wildman–Crippen MR) is 194 cm³/mol. The molecule has 0 saturated heterocycles. The molecule has 0 unspecified atom stereocenters. The van der Waals surface area contributed by atoms with Gasteiger partial charge in [0.1, 0.15) is 23.6 Å². The molecule has 4 amide bonds. The lowest BCUT2D eigenvalue weighted by molar-refractivity contribution is 0.0523. The van der Waals surface area contributed by atoms with E-state index in [1.54, 1.807) is 25.7 Å². The number of carbonyl (C=O) groups is 3. The number of rotatable bonds is 9. The largest absolute Gasteiger partial charge is 0.489 e. The van der Waals surface area contributed by atoms with Crippen LogP contribution in [0.3, 0.4) is 0 Å². The molecule has 0 saturated carbocycles. The number of unbranched alkanes of at least 4 members (excludes halogenated alkanes) is 5. The highest BCUT2D eigenvalue weighted by Gasteiger charge is 2.21. The van der Waals surface area contributed by atoms with Crippen molar-refractivity contribution in [3.8, 4) is 5.75 Å².